The molecule has 0 aromatic heterocycles. The Bertz CT molecular complexity index is 539. The molecule has 5 atom stereocenters. The smallest absolute Gasteiger partial charge is 0.350 e. The van der Waals surface area contributed by atoms with Crippen molar-refractivity contribution < 1.29 is 33.3 Å². The van der Waals surface area contributed by atoms with Gasteiger partial charge in [-0.2, -0.15) is 0 Å². The summed E-state index contributed by atoms with van der Waals surface area (Å²) in [4.78, 5) is 24.1. The number of ether oxygens (including phenoxy) is 5. The highest BCUT2D eigenvalue weighted by molar-refractivity contribution is 14.2. The van der Waals surface area contributed by atoms with Gasteiger partial charge in [-0.15, -0.1) is 0 Å². The van der Waals surface area contributed by atoms with Crippen LogP contribution in [0.25, 0.3) is 0 Å². The summed E-state index contributed by atoms with van der Waals surface area (Å²) < 4.78 is 25.8. The predicted octanol–water partition coefficient (Wildman–Crippen LogP) is 0.653. The SMILES string of the molecule is CN([O-])C(I)(I)C(=O)OC1C(=O)OC2C3OC(C)(C)OC3OC12. The van der Waals surface area contributed by atoms with E-state index in [-0.39, 0.29) is 0 Å². The lowest BCUT2D eigenvalue weighted by Crippen LogP contribution is -2.45. The fourth-order valence-electron chi connectivity index (χ4n) is 2.65. The van der Waals surface area contributed by atoms with Crippen LogP contribution in [0, 0.1) is 5.21 Å². The van der Waals surface area contributed by atoms with Crippen molar-refractivity contribution in [2.75, 3.05) is 7.05 Å². The van der Waals surface area contributed by atoms with Gasteiger partial charge in [0, 0.05) is 0 Å². The number of halogens is 2. The van der Waals surface area contributed by atoms with Crippen LogP contribution in [0.4, 0.5) is 0 Å². The van der Waals surface area contributed by atoms with Crippen molar-refractivity contribution in [3.8, 4) is 0 Å². The minimum Gasteiger partial charge on any atom is -0.783 e. The number of fused-ring (bicyclic) bond motifs is 3. The molecule has 0 amide bonds. The zero-order valence-electron chi connectivity index (χ0n) is 12.4. The molecule has 3 aliphatic rings. The van der Waals surface area contributed by atoms with E-state index in [1.54, 1.807) is 59.0 Å². The lowest BCUT2D eigenvalue weighted by atomic mass is 10.1. The van der Waals surface area contributed by atoms with E-state index in [0.717, 1.165) is 0 Å². The number of carbonyl (C=O) groups excluding carboxylic acids is 2. The molecule has 0 aromatic carbocycles. The number of alkyl halides is 2. The molecule has 23 heavy (non-hydrogen) atoms. The third-order valence-electron chi connectivity index (χ3n) is 3.68. The first kappa shape index (κ1) is 18.0. The van der Waals surface area contributed by atoms with Crippen molar-refractivity contribution in [1.29, 1.82) is 0 Å². The highest BCUT2D eigenvalue weighted by Gasteiger charge is 2.64. The van der Waals surface area contributed by atoms with Crippen molar-refractivity contribution in [3.63, 3.8) is 0 Å². The maximum absolute atomic E-state index is 12.1. The second kappa shape index (κ2) is 5.88. The van der Waals surface area contributed by atoms with Crippen LogP contribution in [-0.2, 0) is 33.3 Å². The quantitative estimate of drug-likeness (QED) is 0.164. The predicted molar refractivity (Wildman–Crippen MR) is 90.4 cm³/mol. The first-order chi connectivity index (χ1) is 10.5. The minimum atomic E-state index is -1.49. The normalized spacial score (nSPS) is 38.4. The van der Waals surface area contributed by atoms with Gasteiger partial charge in [0.05, 0.1) is 0 Å². The molecule has 0 spiro atoms. The molecule has 0 bridgehead atoms. The largest absolute Gasteiger partial charge is 0.783 e. The Hall–Kier alpha value is 0.200. The van der Waals surface area contributed by atoms with Gasteiger partial charge in [0.25, 0.3) is 0 Å². The molecule has 0 aliphatic carbocycles. The average molecular weight is 554 g/mol. The van der Waals surface area contributed by atoms with Crippen LogP contribution < -0.4 is 0 Å². The fourth-order valence-corrected chi connectivity index (χ4v) is 2.90. The topological polar surface area (TPSA) is 107 Å². The van der Waals surface area contributed by atoms with Crippen LogP contribution in [0.1, 0.15) is 13.8 Å². The molecule has 3 fully saturated rings. The fraction of sp³-hybridized carbons (Fsp3) is 0.833. The first-order valence-corrected chi connectivity index (χ1v) is 8.90. The number of hydrogen-bond acceptors (Lipinski definition) is 9. The van der Waals surface area contributed by atoms with Gasteiger partial charge in [-0.1, -0.05) is 0 Å². The molecular weight excluding hydrogens is 540 g/mol. The molecule has 9 nitrogen and oxygen atoms in total. The Morgan fingerprint density at radius 3 is 2.57 bits per heavy atom. The second-order valence-electron chi connectivity index (χ2n) is 5.84. The van der Waals surface area contributed by atoms with Gasteiger partial charge in [-0.05, 0) is 66.1 Å². The van der Waals surface area contributed by atoms with Crippen LogP contribution >= 0.6 is 45.2 Å². The van der Waals surface area contributed by atoms with Gasteiger partial charge in [-0.3, -0.25) is 0 Å². The molecule has 130 valence electrons. The van der Waals surface area contributed by atoms with Gasteiger partial charge >= 0.3 is 11.9 Å². The van der Waals surface area contributed by atoms with E-state index in [2.05, 4.69) is 0 Å². The number of hydrogen-bond donors (Lipinski definition) is 0. The highest BCUT2D eigenvalue weighted by Crippen LogP contribution is 2.43. The molecule has 0 radical (unpaired) electrons. The van der Waals surface area contributed by atoms with E-state index >= 15 is 0 Å². The third kappa shape index (κ3) is 3.08. The van der Waals surface area contributed by atoms with Crippen molar-refractivity contribution in [1.82, 2.24) is 5.06 Å². The second-order valence-corrected chi connectivity index (χ2v) is 11.0. The Kier molecular flexibility index (Phi) is 4.60. The molecular formula is C12H14I2NO8-. The number of likely N-dealkylation sites (N-methyl/N-ethyl adjacent to an activating group) is 1. The highest BCUT2D eigenvalue weighted by atomic mass is 127. The number of esters is 2. The third-order valence-corrected chi connectivity index (χ3v) is 5.92. The summed E-state index contributed by atoms with van der Waals surface area (Å²) >= 11 is 3.28. The first-order valence-electron chi connectivity index (χ1n) is 6.74. The van der Waals surface area contributed by atoms with Crippen LogP contribution in [0.3, 0.4) is 0 Å². The van der Waals surface area contributed by atoms with Crippen LogP contribution in [0.15, 0.2) is 0 Å². The Labute approximate surface area is 159 Å². The Balaban J connectivity index is 1.72. The Morgan fingerprint density at radius 2 is 1.96 bits per heavy atom. The monoisotopic (exact) mass is 554 g/mol. The number of carbonyl (C=O) groups is 2. The zero-order chi connectivity index (χ0) is 17.2. The van der Waals surface area contributed by atoms with E-state index in [1.807, 2.05) is 0 Å². The molecule has 0 aromatic rings. The minimum absolute atomic E-state index is 0.438. The van der Waals surface area contributed by atoms with Crippen LogP contribution in [0.5, 0.6) is 0 Å². The molecule has 5 unspecified atom stereocenters. The van der Waals surface area contributed by atoms with E-state index in [1.165, 1.54) is 7.05 Å². The standard InChI is InChI=1S/C12H14I2NO8/c1-11(2)22-7-5-4(20-9(7)23-11)6(8(16)19-5)21-10(17)12(13,14)15(3)18/h4-7,9H,1-3H3/q-1. The van der Waals surface area contributed by atoms with Crippen molar-refractivity contribution in [2.24, 2.45) is 0 Å². The summed E-state index contributed by atoms with van der Waals surface area (Å²) in [7, 11) is 1.19. The van der Waals surface area contributed by atoms with Crippen molar-refractivity contribution >= 4 is 57.1 Å². The maximum Gasteiger partial charge on any atom is 0.350 e. The van der Waals surface area contributed by atoms with E-state index in [0.29, 0.717) is 5.06 Å². The average Bonchev–Trinajstić information content (AvgIpc) is 2.98. The molecule has 11 heteroatoms. The van der Waals surface area contributed by atoms with Crippen LogP contribution in [-0.4, -0.2) is 62.1 Å². The van der Waals surface area contributed by atoms with E-state index < -0.39 is 50.0 Å². The molecule has 3 heterocycles. The summed E-state index contributed by atoms with van der Waals surface area (Å²) in [5, 5.41) is 11.9. The molecule has 3 rings (SSSR count). The summed E-state index contributed by atoms with van der Waals surface area (Å²) in [5.74, 6) is -2.43. The molecule has 0 N–H and O–H groups in total. The van der Waals surface area contributed by atoms with Crippen LogP contribution in [0.2, 0.25) is 0 Å². The Morgan fingerprint density at radius 1 is 1.30 bits per heavy atom. The maximum atomic E-state index is 12.1. The van der Waals surface area contributed by atoms with Gasteiger partial charge in [0.2, 0.25) is 7.66 Å². The summed E-state index contributed by atoms with van der Waals surface area (Å²) in [6.45, 7) is 3.45. The van der Waals surface area contributed by atoms with Crippen molar-refractivity contribution in [3.05, 3.63) is 5.21 Å². The zero-order valence-corrected chi connectivity index (χ0v) is 16.7. The van der Waals surface area contributed by atoms with Gasteiger partial charge in [0.1, 0.15) is 6.10 Å². The summed E-state index contributed by atoms with van der Waals surface area (Å²) in [6.07, 6.45) is -4.06. The van der Waals surface area contributed by atoms with Gasteiger partial charge in [-0.25, -0.2) is 9.59 Å². The number of nitrogens with zero attached hydrogens (tertiary/aromatic N) is 1. The molecule has 0 saturated carbocycles. The number of rotatable bonds is 3. The summed E-state index contributed by atoms with van der Waals surface area (Å²) in [6, 6.07) is 0. The lowest BCUT2D eigenvalue weighted by Gasteiger charge is -2.35. The lowest BCUT2D eigenvalue weighted by molar-refractivity contribution is -0.217. The van der Waals surface area contributed by atoms with Crippen molar-refractivity contribution in [2.45, 2.75) is 51.9 Å². The van der Waals surface area contributed by atoms with E-state index in [9.17, 15) is 14.8 Å². The number of hydroxylamine groups is 2. The molecule has 3 aliphatic heterocycles. The van der Waals surface area contributed by atoms with Gasteiger partial charge < -0.3 is 34.0 Å². The summed E-state index contributed by atoms with van der Waals surface area (Å²) in [5.41, 5.74) is 0. The van der Waals surface area contributed by atoms with E-state index in [4.69, 9.17) is 23.7 Å². The van der Waals surface area contributed by atoms with Gasteiger partial charge in [0.15, 0.2) is 24.3 Å². The molecule has 3 saturated heterocycles.